The summed E-state index contributed by atoms with van der Waals surface area (Å²) < 4.78 is 0. The number of anilines is 1. The Kier molecular flexibility index (Phi) is 9.39. The third-order valence-corrected chi connectivity index (χ3v) is 5.54. The molecule has 0 radical (unpaired) electrons. The van der Waals surface area contributed by atoms with Crippen molar-refractivity contribution in [2.75, 3.05) is 31.6 Å². The number of aliphatic imine (C=N–C) groups is 1. The topological polar surface area (TPSA) is 52.6 Å². The van der Waals surface area contributed by atoms with Crippen LogP contribution in [0.4, 0.5) is 5.82 Å². The number of nitrogens with zero attached hydrogens (tertiary/aromatic N) is 3. The zero-order valence-corrected chi connectivity index (χ0v) is 21.0. The fourth-order valence-electron chi connectivity index (χ4n) is 3.82. The fourth-order valence-corrected chi connectivity index (χ4v) is 3.82. The van der Waals surface area contributed by atoms with Crippen LogP contribution in [0.15, 0.2) is 53.7 Å². The molecule has 6 heteroatoms. The monoisotopic (exact) mass is 521 g/mol. The SMILES string of the molecule is CN=C(NCC(C)(C)Cc1ccccc1)NC1CCN(c2ccc(C)cn2)CC1.I. The molecule has 0 bridgehead atoms. The van der Waals surface area contributed by atoms with E-state index in [1.165, 1.54) is 11.1 Å². The van der Waals surface area contributed by atoms with Crippen LogP contribution in [0.5, 0.6) is 0 Å². The number of halogens is 1. The molecular weight excluding hydrogens is 485 g/mol. The van der Waals surface area contributed by atoms with E-state index in [9.17, 15) is 0 Å². The number of aromatic nitrogens is 1. The van der Waals surface area contributed by atoms with Gasteiger partial charge in [-0.1, -0.05) is 50.2 Å². The number of rotatable bonds is 6. The van der Waals surface area contributed by atoms with E-state index in [0.29, 0.717) is 6.04 Å². The first-order valence-corrected chi connectivity index (χ1v) is 10.6. The third kappa shape index (κ3) is 7.45. The van der Waals surface area contributed by atoms with Gasteiger partial charge in [0.25, 0.3) is 0 Å². The average molecular weight is 521 g/mol. The molecule has 0 saturated carbocycles. The molecule has 0 atom stereocenters. The minimum absolute atomic E-state index is 0. The second-order valence-corrected chi connectivity index (χ2v) is 8.85. The highest BCUT2D eigenvalue weighted by Gasteiger charge is 2.22. The number of hydrogen-bond acceptors (Lipinski definition) is 3. The highest BCUT2D eigenvalue weighted by Crippen LogP contribution is 2.21. The van der Waals surface area contributed by atoms with E-state index in [0.717, 1.165) is 50.7 Å². The van der Waals surface area contributed by atoms with Crippen LogP contribution < -0.4 is 15.5 Å². The summed E-state index contributed by atoms with van der Waals surface area (Å²) in [6.45, 7) is 9.59. The number of nitrogens with one attached hydrogen (secondary N) is 2. The number of aryl methyl sites for hydroxylation is 1. The van der Waals surface area contributed by atoms with Gasteiger partial charge in [0.05, 0.1) is 0 Å². The zero-order valence-electron chi connectivity index (χ0n) is 18.7. The molecule has 1 aromatic carbocycles. The van der Waals surface area contributed by atoms with Gasteiger partial charge in [-0.3, -0.25) is 4.99 Å². The predicted octanol–water partition coefficient (Wildman–Crippen LogP) is 4.41. The van der Waals surface area contributed by atoms with Gasteiger partial charge < -0.3 is 15.5 Å². The van der Waals surface area contributed by atoms with Crippen LogP contribution in [-0.4, -0.2) is 43.7 Å². The summed E-state index contributed by atoms with van der Waals surface area (Å²) in [5.74, 6) is 1.98. The number of piperidine rings is 1. The van der Waals surface area contributed by atoms with Crippen molar-refractivity contribution in [3.05, 3.63) is 59.8 Å². The molecule has 1 aromatic heterocycles. The maximum atomic E-state index is 4.56. The summed E-state index contributed by atoms with van der Waals surface area (Å²) in [5.41, 5.74) is 2.73. The van der Waals surface area contributed by atoms with E-state index in [1.54, 1.807) is 0 Å². The van der Waals surface area contributed by atoms with Crippen LogP contribution in [0.25, 0.3) is 0 Å². The van der Waals surface area contributed by atoms with Crippen LogP contribution in [0, 0.1) is 12.3 Å². The third-order valence-electron chi connectivity index (χ3n) is 5.54. The van der Waals surface area contributed by atoms with Crippen LogP contribution in [0.2, 0.25) is 0 Å². The van der Waals surface area contributed by atoms with E-state index in [1.807, 2.05) is 13.2 Å². The van der Waals surface area contributed by atoms with Gasteiger partial charge >= 0.3 is 0 Å². The van der Waals surface area contributed by atoms with Gasteiger partial charge in [-0.15, -0.1) is 24.0 Å². The van der Waals surface area contributed by atoms with Crippen molar-refractivity contribution in [2.45, 2.75) is 46.1 Å². The van der Waals surface area contributed by atoms with Crippen LogP contribution in [0.1, 0.15) is 37.8 Å². The summed E-state index contributed by atoms with van der Waals surface area (Å²) in [6.07, 6.45) is 5.16. The lowest BCUT2D eigenvalue weighted by molar-refractivity contribution is 0.356. The minimum Gasteiger partial charge on any atom is -0.356 e. The molecule has 30 heavy (non-hydrogen) atoms. The maximum absolute atomic E-state index is 4.56. The molecule has 2 heterocycles. The van der Waals surface area contributed by atoms with Crippen LogP contribution >= 0.6 is 24.0 Å². The van der Waals surface area contributed by atoms with E-state index in [2.05, 4.69) is 88.7 Å². The molecule has 0 unspecified atom stereocenters. The van der Waals surface area contributed by atoms with Crippen LogP contribution in [-0.2, 0) is 6.42 Å². The standard InChI is InChI=1S/C24H35N5.HI/c1-19-10-11-22(26-17-19)29-14-12-21(13-15-29)28-23(25-4)27-18-24(2,3)16-20-8-6-5-7-9-20;/h5-11,17,21H,12-16,18H2,1-4H3,(H2,25,27,28);1H. The van der Waals surface area contributed by atoms with Gasteiger partial charge in [-0.05, 0) is 48.8 Å². The molecule has 164 valence electrons. The first kappa shape index (κ1) is 24.4. The molecule has 5 nitrogen and oxygen atoms in total. The molecule has 1 fully saturated rings. The zero-order chi connectivity index (χ0) is 20.7. The predicted molar refractivity (Wildman–Crippen MR) is 138 cm³/mol. The Labute approximate surface area is 198 Å². The van der Waals surface area contributed by atoms with Gasteiger partial charge in [-0.25, -0.2) is 4.98 Å². The Morgan fingerprint density at radius 1 is 1.13 bits per heavy atom. The Morgan fingerprint density at radius 2 is 1.83 bits per heavy atom. The number of benzene rings is 1. The van der Waals surface area contributed by atoms with Crippen molar-refractivity contribution < 1.29 is 0 Å². The van der Waals surface area contributed by atoms with Gasteiger partial charge in [0, 0.05) is 38.9 Å². The first-order valence-electron chi connectivity index (χ1n) is 10.6. The quantitative estimate of drug-likeness (QED) is 0.336. The van der Waals surface area contributed by atoms with Crippen molar-refractivity contribution in [1.29, 1.82) is 0 Å². The molecular formula is C24H36IN5. The lowest BCUT2D eigenvalue weighted by Crippen LogP contribution is -2.50. The Hall–Kier alpha value is -1.83. The fraction of sp³-hybridized carbons (Fsp3) is 0.500. The van der Waals surface area contributed by atoms with Crippen molar-refractivity contribution >= 4 is 35.8 Å². The number of hydrogen-bond donors (Lipinski definition) is 2. The number of pyridine rings is 1. The largest absolute Gasteiger partial charge is 0.356 e. The maximum Gasteiger partial charge on any atom is 0.191 e. The van der Waals surface area contributed by atoms with E-state index < -0.39 is 0 Å². The highest BCUT2D eigenvalue weighted by atomic mass is 127. The molecule has 0 aliphatic carbocycles. The molecule has 3 rings (SSSR count). The van der Waals surface area contributed by atoms with Gasteiger partial charge in [0.2, 0.25) is 0 Å². The normalized spacial score (nSPS) is 15.5. The highest BCUT2D eigenvalue weighted by molar-refractivity contribution is 14.0. The molecule has 1 aliphatic rings. The van der Waals surface area contributed by atoms with E-state index in [-0.39, 0.29) is 29.4 Å². The summed E-state index contributed by atoms with van der Waals surface area (Å²) in [7, 11) is 1.85. The minimum atomic E-state index is 0. The van der Waals surface area contributed by atoms with Crippen molar-refractivity contribution in [3.63, 3.8) is 0 Å². The molecule has 0 spiro atoms. The van der Waals surface area contributed by atoms with Gasteiger partial charge in [0.1, 0.15) is 5.82 Å². The Bertz CT molecular complexity index is 781. The Morgan fingerprint density at radius 3 is 2.43 bits per heavy atom. The molecule has 2 aromatic rings. The molecule has 0 amide bonds. The number of guanidine groups is 1. The molecule has 2 N–H and O–H groups in total. The van der Waals surface area contributed by atoms with Crippen LogP contribution in [0.3, 0.4) is 0 Å². The lowest BCUT2D eigenvalue weighted by Gasteiger charge is -2.34. The average Bonchev–Trinajstić information content (AvgIpc) is 2.72. The van der Waals surface area contributed by atoms with Crippen molar-refractivity contribution in [2.24, 2.45) is 10.4 Å². The van der Waals surface area contributed by atoms with Crippen molar-refractivity contribution in [1.82, 2.24) is 15.6 Å². The first-order chi connectivity index (χ1) is 13.9. The van der Waals surface area contributed by atoms with E-state index in [4.69, 9.17) is 0 Å². The second kappa shape index (κ2) is 11.5. The summed E-state index contributed by atoms with van der Waals surface area (Å²) in [6, 6.07) is 15.4. The summed E-state index contributed by atoms with van der Waals surface area (Å²) >= 11 is 0. The summed E-state index contributed by atoms with van der Waals surface area (Å²) in [4.78, 5) is 11.4. The van der Waals surface area contributed by atoms with Crippen molar-refractivity contribution in [3.8, 4) is 0 Å². The molecule has 1 saturated heterocycles. The van der Waals surface area contributed by atoms with Gasteiger partial charge in [-0.2, -0.15) is 0 Å². The molecule has 1 aliphatic heterocycles. The second-order valence-electron chi connectivity index (χ2n) is 8.85. The smallest absolute Gasteiger partial charge is 0.191 e. The lowest BCUT2D eigenvalue weighted by atomic mass is 9.86. The van der Waals surface area contributed by atoms with E-state index >= 15 is 0 Å². The Balaban J connectivity index is 0.00000320. The van der Waals surface area contributed by atoms with Gasteiger partial charge in [0.15, 0.2) is 5.96 Å². The summed E-state index contributed by atoms with van der Waals surface area (Å²) in [5, 5.41) is 7.15.